The maximum atomic E-state index is 3.29. The van der Waals surface area contributed by atoms with Crippen molar-refractivity contribution in [3.63, 3.8) is 0 Å². The Morgan fingerprint density at radius 1 is 1.33 bits per heavy atom. The van der Waals surface area contributed by atoms with Gasteiger partial charge in [0.1, 0.15) is 0 Å². The van der Waals surface area contributed by atoms with E-state index < -0.39 is 0 Å². The van der Waals surface area contributed by atoms with E-state index in [1.807, 2.05) is 0 Å². The van der Waals surface area contributed by atoms with E-state index in [1.165, 1.54) is 45.3 Å². The molecule has 0 spiro atoms. The van der Waals surface area contributed by atoms with Gasteiger partial charge < -0.3 is 10.2 Å². The fourth-order valence-corrected chi connectivity index (χ4v) is 2.56. The molecule has 0 amide bonds. The second-order valence-corrected chi connectivity index (χ2v) is 4.28. The standard InChI is InChI=1S/C10H20N2/c1-11-8-9-3-4-10(7-9)12-5-2-6-12/h9-11H,2-8H2,1H3. The molecule has 0 aromatic carbocycles. The first kappa shape index (κ1) is 8.52. The molecule has 1 N–H and O–H groups in total. The number of hydrogen-bond donors (Lipinski definition) is 1. The Balaban J connectivity index is 1.73. The second-order valence-electron chi connectivity index (χ2n) is 4.28. The van der Waals surface area contributed by atoms with E-state index in [0.717, 1.165) is 12.0 Å². The minimum absolute atomic E-state index is 0.942. The highest BCUT2D eigenvalue weighted by Crippen LogP contribution is 2.31. The lowest BCUT2D eigenvalue weighted by molar-refractivity contribution is 0.118. The molecule has 1 heterocycles. The number of nitrogens with one attached hydrogen (secondary N) is 1. The summed E-state index contributed by atoms with van der Waals surface area (Å²) < 4.78 is 0. The smallest absolute Gasteiger partial charge is 0.00984 e. The maximum Gasteiger partial charge on any atom is 0.00984 e. The fourth-order valence-electron chi connectivity index (χ4n) is 2.56. The van der Waals surface area contributed by atoms with Gasteiger partial charge in [-0.15, -0.1) is 0 Å². The Morgan fingerprint density at radius 2 is 2.17 bits per heavy atom. The minimum Gasteiger partial charge on any atom is -0.319 e. The Morgan fingerprint density at radius 3 is 2.75 bits per heavy atom. The summed E-state index contributed by atoms with van der Waals surface area (Å²) in [6.07, 6.45) is 5.78. The highest BCUT2D eigenvalue weighted by Gasteiger charge is 2.31. The van der Waals surface area contributed by atoms with Gasteiger partial charge in [0.25, 0.3) is 0 Å². The van der Waals surface area contributed by atoms with Crippen LogP contribution in [-0.4, -0.2) is 37.6 Å². The van der Waals surface area contributed by atoms with Crippen LogP contribution in [0.5, 0.6) is 0 Å². The van der Waals surface area contributed by atoms with Crippen LogP contribution < -0.4 is 5.32 Å². The van der Waals surface area contributed by atoms with Crippen molar-refractivity contribution in [2.24, 2.45) is 5.92 Å². The summed E-state index contributed by atoms with van der Waals surface area (Å²) in [6.45, 7) is 3.97. The third-order valence-electron chi connectivity index (χ3n) is 3.41. The van der Waals surface area contributed by atoms with Crippen molar-refractivity contribution in [3.8, 4) is 0 Å². The molecule has 2 fully saturated rings. The Hall–Kier alpha value is -0.0800. The first-order chi connectivity index (χ1) is 5.90. The highest BCUT2D eigenvalue weighted by atomic mass is 15.2. The molecule has 70 valence electrons. The lowest BCUT2D eigenvalue weighted by atomic mass is 10.1. The average Bonchev–Trinajstić information content (AvgIpc) is 2.34. The van der Waals surface area contributed by atoms with Gasteiger partial charge in [-0.25, -0.2) is 0 Å². The monoisotopic (exact) mass is 168 g/mol. The zero-order valence-electron chi connectivity index (χ0n) is 8.05. The molecule has 2 heteroatoms. The van der Waals surface area contributed by atoms with Gasteiger partial charge in [0.05, 0.1) is 0 Å². The van der Waals surface area contributed by atoms with Gasteiger partial charge in [-0.05, 0) is 58.3 Å². The van der Waals surface area contributed by atoms with Crippen LogP contribution in [0.2, 0.25) is 0 Å². The number of nitrogens with zero attached hydrogens (tertiary/aromatic N) is 1. The molecule has 0 radical (unpaired) electrons. The van der Waals surface area contributed by atoms with Crippen molar-refractivity contribution >= 4 is 0 Å². The first-order valence-corrected chi connectivity index (χ1v) is 5.29. The van der Waals surface area contributed by atoms with E-state index in [2.05, 4.69) is 17.3 Å². The molecule has 1 aliphatic carbocycles. The first-order valence-electron chi connectivity index (χ1n) is 5.29. The molecule has 2 nitrogen and oxygen atoms in total. The number of rotatable bonds is 3. The Kier molecular flexibility index (Phi) is 2.66. The third kappa shape index (κ3) is 1.64. The minimum atomic E-state index is 0.942. The van der Waals surface area contributed by atoms with Gasteiger partial charge in [-0.2, -0.15) is 0 Å². The zero-order valence-corrected chi connectivity index (χ0v) is 8.05. The molecular formula is C10H20N2. The van der Waals surface area contributed by atoms with Crippen molar-refractivity contribution in [2.75, 3.05) is 26.7 Å². The van der Waals surface area contributed by atoms with Crippen molar-refractivity contribution in [2.45, 2.75) is 31.7 Å². The van der Waals surface area contributed by atoms with Crippen LogP contribution in [0.3, 0.4) is 0 Å². The lowest BCUT2D eigenvalue weighted by Crippen LogP contribution is -2.44. The summed E-state index contributed by atoms with van der Waals surface area (Å²) in [4.78, 5) is 2.66. The Bertz CT molecular complexity index is 143. The maximum absolute atomic E-state index is 3.29. The van der Waals surface area contributed by atoms with Gasteiger partial charge in [-0.1, -0.05) is 0 Å². The summed E-state index contributed by atoms with van der Waals surface area (Å²) in [6, 6.07) is 0.942. The van der Waals surface area contributed by atoms with E-state index in [4.69, 9.17) is 0 Å². The summed E-state index contributed by atoms with van der Waals surface area (Å²) >= 11 is 0. The highest BCUT2D eigenvalue weighted by molar-refractivity contribution is 4.86. The van der Waals surface area contributed by atoms with Crippen molar-refractivity contribution < 1.29 is 0 Å². The molecular weight excluding hydrogens is 148 g/mol. The van der Waals surface area contributed by atoms with E-state index in [0.29, 0.717) is 0 Å². The predicted molar refractivity (Wildman–Crippen MR) is 51.2 cm³/mol. The van der Waals surface area contributed by atoms with Crippen LogP contribution in [0.1, 0.15) is 25.7 Å². The quantitative estimate of drug-likeness (QED) is 0.678. The summed E-state index contributed by atoms with van der Waals surface area (Å²) in [5, 5.41) is 3.29. The van der Waals surface area contributed by atoms with E-state index in [1.54, 1.807) is 0 Å². The second kappa shape index (κ2) is 3.75. The van der Waals surface area contributed by atoms with Crippen LogP contribution >= 0.6 is 0 Å². The molecule has 1 saturated heterocycles. The van der Waals surface area contributed by atoms with Crippen LogP contribution in [0, 0.1) is 5.92 Å². The Labute approximate surface area is 75.3 Å². The van der Waals surface area contributed by atoms with Crippen LogP contribution in [0.25, 0.3) is 0 Å². The summed E-state index contributed by atoms with van der Waals surface area (Å²) in [7, 11) is 2.07. The largest absolute Gasteiger partial charge is 0.319 e. The van der Waals surface area contributed by atoms with Crippen molar-refractivity contribution in [3.05, 3.63) is 0 Å². The van der Waals surface area contributed by atoms with Crippen LogP contribution in [0.15, 0.2) is 0 Å². The van der Waals surface area contributed by atoms with Crippen molar-refractivity contribution in [1.29, 1.82) is 0 Å². The molecule has 2 unspecified atom stereocenters. The topological polar surface area (TPSA) is 15.3 Å². The van der Waals surface area contributed by atoms with Gasteiger partial charge in [0.15, 0.2) is 0 Å². The van der Waals surface area contributed by atoms with Crippen molar-refractivity contribution in [1.82, 2.24) is 10.2 Å². The summed E-state index contributed by atoms with van der Waals surface area (Å²) in [5.74, 6) is 0.959. The molecule has 1 saturated carbocycles. The van der Waals surface area contributed by atoms with Gasteiger partial charge >= 0.3 is 0 Å². The molecule has 2 rings (SSSR count). The van der Waals surface area contributed by atoms with Gasteiger partial charge in [0.2, 0.25) is 0 Å². The predicted octanol–water partition coefficient (Wildman–Crippen LogP) is 1.08. The van der Waals surface area contributed by atoms with Gasteiger partial charge in [-0.3, -0.25) is 0 Å². The van der Waals surface area contributed by atoms with Crippen LogP contribution in [-0.2, 0) is 0 Å². The lowest BCUT2D eigenvalue weighted by Gasteiger charge is -2.36. The summed E-state index contributed by atoms with van der Waals surface area (Å²) in [5.41, 5.74) is 0. The molecule has 2 atom stereocenters. The molecule has 2 aliphatic rings. The van der Waals surface area contributed by atoms with E-state index in [9.17, 15) is 0 Å². The molecule has 0 bridgehead atoms. The zero-order chi connectivity index (χ0) is 8.39. The number of hydrogen-bond acceptors (Lipinski definition) is 2. The van der Waals surface area contributed by atoms with Crippen LogP contribution in [0.4, 0.5) is 0 Å². The molecule has 0 aromatic rings. The van der Waals surface area contributed by atoms with Gasteiger partial charge in [0, 0.05) is 6.04 Å². The molecule has 0 aromatic heterocycles. The SMILES string of the molecule is CNCC1CCC(N2CCC2)C1. The molecule has 12 heavy (non-hydrogen) atoms. The number of likely N-dealkylation sites (tertiary alicyclic amines) is 1. The van der Waals surface area contributed by atoms with E-state index in [-0.39, 0.29) is 0 Å². The fraction of sp³-hybridized carbons (Fsp3) is 1.00. The molecule has 1 aliphatic heterocycles. The normalized spacial score (nSPS) is 36.8. The van der Waals surface area contributed by atoms with E-state index >= 15 is 0 Å². The third-order valence-corrected chi connectivity index (χ3v) is 3.41. The average molecular weight is 168 g/mol.